The number of ether oxygens (including phenoxy) is 1. The monoisotopic (exact) mass is 393 g/mol. The summed E-state index contributed by atoms with van der Waals surface area (Å²) in [4.78, 5) is 32.7. The highest BCUT2D eigenvalue weighted by Gasteiger charge is 2.19. The lowest BCUT2D eigenvalue weighted by Gasteiger charge is -2.15. The summed E-state index contributed by atoms with van der Waals surface area (Å²) in [6.07, 6.45) is -0.929. The van der Waals surface area contributed by atoms with Gasteiger partial charge >= 0.3 is 5.97 Å². The Morgan fingerprint density at radius 3 is 2.54 bits per heavy atom. The average Bonchev–Trinajstić information content (AvgIpc) is 2.56. The molecule has 1 amide bonds. The Labute approximate surface area is 161 Å². The average molecular weight is 394 g/mol. The van der Waals surface area contributed by atoms with Crippen molar-refractivity contribution in [3.05, 3.63) is 46.2 Å². The Balaban J connectivity index is 1.87. The Hall–Kier alpha value is -2.12. The van der Waals surface area contributed by atoms with Crippen LogP contribution in [0.2, 0.25) is 5.02 Å². The number of rotatable bonds is 6. The van der Waals surface area contributed by atoms with Crippen molar-refractivity contribution < 1.29 is 14.3 Å². The van der Waals surface area contributed by atoms with Gasteiger partial charge in [-0.25, -0.2) is 9.97 Å². The molecule has 1 atom stereocenters. The first-order valence-corrected chi connectivity index (χ1v) is 9.33. The molecule has 1 N–H and O–H groups in total. The van der Waals surface area contributed by atoms with E-state index in [1.807, 2.05) is 19.9 Å². The molecule has 1 heterocycles. The number of aromatic nitrogens is 2. The molecule has 8 heteroatoms. The molecule has 0 unspecified atom stereocenters. The third-order valence-electron chi connectivity index (χ3n) is 3.48. The van der Waals surface area contributed by atoms with Crippen LogP contribution in [0.4, 0.5) is 5.69 Å². The van der Waals surface area contributed by atoms with Gasteiger partial charge in [-0.3, -0.25) is 9.59 Å². The maximum Gasteiger partial charge on any atom is 0.317 e. The van der Waals surface area contributed by atoms with Gasteiger partial charge in [0.25, 0.3) is 5.91 Å². The van der Waals surface area contributed by atoms with Crippen LogP contribution in [-0.4, -0.2) is 33.7 Å². The van der Waals surface area contributed by atoms with Crippen molar-refractivity contribution in [1.82, 2.24) is 9.97 Å². The van der Waals surface area contributed by atoms with E-state index in [9.17, 15) is 9.59 Å². The van der Waals surface area contributed by atoms with E-state index < -0.39 is 18.0 Å². The normalized spacial score (nSPS) is 11.7. The molecule has 0 aliphatic carbocycles. The minimum atomic E-state index is -0.929. The number of hydrogen-bond acceptors (Lipinski definition) is 6. The number of esters is 1. The molecule has 0 radical (unpaired) electrons. The molecule has 1 aromatic carbocycles. The minimum absolute atomic E-state index is 0.0245. The largest absolute Gasteiger partial charge is 0.452 e. The number of anilines is 1. The Morgan fingerprint density at radius 1 is 1.23 bits per heavy atom. The van der Waals surface area contributed by atoms with E-state index in [4.69, 9.17) is 16.3 Å². The van der Waals surface area contributed by atoms with Crippen molar-refractivity contribution in [3.8, 4) is 0 Å². The molecule has 0 saturated heterocycles. The van der Waals surface area contributed by atoms with Crippen molar-refractivity contribution >= 4 is 40.9 Å². The van der Waals surface area contributed by atoms with Crippen LogP contribution in [0.5, 0.6) is 0 Å². The fourth-order valence-corrected chi connectivity index (χ4v) is 3.05. The lowest BCUT2D eigenvalue weighted by Crippen LogP contribution is -2.30. The van der Waals surface area contributed by atoms with Gasteiger partial charge in [-0.15, -0.1) is 0 Å². The Bertz CT molecular complexity index is 809. The molecule has 0 aliphatic heterocycles. The lowest BCUT2D eigenvalue weighted by molar-refractivity contribution is -0.150. The first-order valence-electron chi connectivity index (χ1n) is 7.97. The second-order valence-electron chi connectivity index (χ2n) is 5.76. The second-order valence-corrected chi connectivity index (χ2v) is 7.11. The number of aryl methyl sites for hydroxylation is 2. The Morgan fingerprint density at radius 2 is 1.88 bits per heavy atom. The number of thioether (sulfide) groups is 1. The quantitative estimate of drug-likeness (QED) is 0.457. The van der Waals surface area contributed by atoms with E-state index in [-0.39, 0.29) is 5.75 Å². The molecule has 0 aliphatic rings. The number of nitrogens with one attached hydrogen (secondary N) is 1. The van der Waals surface area contributed by atoms with Crippen LogP contribution in [-0.2, 0) is 14.3 Å². The smallest absolute Gasteiger partial charge is 0.317 e. The highest BCUT2D eigenvalue weighted by molar-refractivity contribution is 7.99. The van der Waals surface area contributed by atoms with E-state index in [1.54, 1.807) is 25.1 Å². The summed E-state index contributed by atoms with van der Waals surface area (Å²) >= 11 is 7.20. The lowest BCUT2D eigenvalue weighted by atomic mass is 10.2. The van der Waals surface area contributed by atoms with Gasteiger partial charge in [0.1, 0.15) is 0 Å². The van der Waals surface area contributed by atoms with Gasteiger partial charge < -0.3 is 10.1 Å². The molecule has 0 bridgehead atoms. The zero-order chi connectivity index (χ0) is 19.3. The summed E-state index contributed by atoms with van der Waals surface area (Å²) in [6, 6.07) is 7.07. The van der Waals surface area contributed by atoms with Crippen molar-refractivity contribution in [2.24, 2.45) is 0 Å². The van der Waals surface area contributed by atoms with Crippen LogP contribution in [0.15, 0.2) is 29.4 Å². The number of carbonyl (C=O) groups is 2. The molecule has 0 saturated carbocycles. The van der Waals surface area contributed by atoms with Crippen LogP contribution in [0.3, 0.4) is 0 Å². The minimum Gasteiger partial charge on any atom is -0.452 e. The van der Waals surface area contributed by atoms with Crippen LogP contribution >= 0.6 is 23.4 Å². The third-order valence-corrected chi connectivity index (χ3v) is 4.71. The van der Waals surface area contributed by atoms with Gasteiger partial charge in [0.2, 0.25) is 0 Å². The van der Waals surface area contributed by atoms with Crippen molar-refractivity contribution in [2.75, 3.05) is 11.1 Å². The summed E-state index contributed by atoms with van der Waals surface area (Å²) in [5, 5.41) is 3.77. The van der Waals surface area contributed by atoms with E-state index >= 15 is 0 Å². The molecule has 2 rings (SSSR count). The van der Waals surface area contributed by atoms with Gasteiger partial charge in [0, 0.05) is 22.1 Å². The van der Waals surface area contributed by atoms with Crippen molar-refractivity contribution in [2.45, 2.75) is 39.0 Å². The maximum absolute atomic E-state index is 12.2. The second kappa shape index (κ2) is 9.00. The van der Waals surface area contributed by atoms with Crippen LogP contribution in [0.25, 0.3) is 0 Å². The maximum atomic E-state index is 12.2. The number of carbonyl (C=O) groups excluding carboxylic acids is 2. The zero-order valence-corrected chi connectivity index (χ0v) is 16.6. The van der Waals surface area contributed by atoms with Crippen LogP contribution < -0.4 is 5.32 Å². The SMILES string of the molecule is Cc1cc(C)nc(SCC(=O)O[C@H](C)C(=O)Nc2cccc(Cl)c2C)n1. The first kappa shape index (κ1) is 20.2. The molecule has 1 aromatic heterocycles. The summed E-state index contributed by atoms with van der Waals surface area (Å²) in [6.45, 7) is 7.04. The number of benzene rings is 1. The van der Waals surface area contributed by atoms with Crippen molar-refractivity contribution in [3.63, 3.8) is 0 Å². The highest BCUT2D eigenvalue weighted by atomic mass is 35.5. The van der Waals surface area contributed by atoms with Gasteiger partial charge in [0.15, 0.2) is 11.3 Å². The van der Waals surface area contributed by atoms with Gasteiger partial charge in [-0.05, 0) is 51.5 Å². The third kappa shape index (κ3) is 5.71. The summed E-state index contributed by atoms with van der Waals surface area (Å²) < 4.78 is 5.18. The van der Waals surface area contributed by atoms with E-state index in [2.05, 4.69) is 15.3 Å². The number of hydrogen-bond donors (Lipinski definition) is 1. The molecule has 2 aromatic rings. The topological polar surface area (TPSA) is 81.2 Å². The molecular formula is C18H20ClN3O3S. The van der Waals surface area contributed by atoms with Gasteiger partial charge in [-0.1, -0.05) is 29.4 Å². The van der Waals surface area contributed by atoms with E-state index in [0.29, 0.717) is 15.9 Å². The fraction of sp³-hybridized carbons (Fsp3) is 0.333. The Kier molecular flexibility index (Phi) is 6.99. The number of amides is 1. The van der Waals surface area contributed by atoms with Crippen molar-refractivity contribution in [1.29, 1.82) is 0 Å². The standard InChI is InChI=1S/C18H20ClN3O3S/c1-10-8-11(2)21-18(20-10)26-9-16(23)25-13(4)17(24)22-15-7-5-6-14(19)12(15)3/h5-8,13H,9H2,1-4H3,(H,22,24)/t13-/m1/s1. The summed E-state index contributed by atoms with van der Waals surface area (Å²) in [7, 11) is 0. The molecule has 26 heavy (non-hydrogen) atoms. The van der Waals surface area contributed by atoms with E-state index in [0.717, 1.165) is 17.0 Å². The van der Waals surface area contributed by atoms with Crippen LogP contribution in [0, 0.1) is 20.8 Å². The molecule has 0 spiro atoms. The van der Waals surface area contributed by atoms with Gasteiger partial charge in [0.05, 0.1) is 5.75 Å². The number of nitrogens with zero attached hydrogens (tertiary/aromatic N) is 2. The molecule has 6 nitrogen and oxygen atoms in total. The molecule has 138 valence electrons. The molecular weight excluding hydrogens is 374 g/mol. The highest BCUT2D eigenvalue weighted by Crippen LogP contribution is 2.23. The number of halogens is 1. The predicted octanol–water partition coefficient (Wildman–Crippen LogP) is 3.72. The fourth-order valence-electron chi connectivity index (χ4n) is 2.14. The summed E-state index contributed by atoms with van der Waals surface area (Å²) in [5.74, 6) is -0.906. The molecule has 0 fully saturated rings. The van der Waals surface area contributed by atoms with E-state index in [1.165, 1.54) is 18.7 Å². The zero-order valence-electron chi connectivity index (χ0n) is 15.0. The van der Waals surface area contributed by atoms with Crippen LogP contribution in [0.1, 0.15) is 23.9 Å². The summed E-state index contributed by atoms with van der Waals surface area (Å²) in [5.41, 5.74) is 3.00. The first-order chi connectivity index (χ1) is 12.3. The van der Waals surface area contributed by atoms with Gasteiger partial charge in [-0.2, -0.15) is 0 Å². The predicted molar refractivity (Wildman–Crippen MR) is 103 cm³/mol.